The van der Waals surface area contributed by atoms with Gasteiger partial charge in [-0.3, -0.25) is 4.98 Å². The Morgan fingerprint density at radius 3 is 2.45 bits per heavy atom. The third kappa shape index (κ3) is 5.20. The number of hydrogen-bond donors (Lipinski definition) is 1. The number of aromatic carboxylic acids is 1. The van der Waals surface area contributed by atoms with Crippen LogP contribution in [-0.4, -0.2) is 16.1 Å². The van der Waals surface area contributed by atoms with Gasteiger partial charge in [0.1, 0.15) is 12.4 Å². The number of pyridine rings is 1. The molecule has 1 aliphatic carbocycles. The van der Waals surface area contributed by atoms with Gasteiger partial charge in [-0.2, -0.15) is 13.2 Å². The Labute approximate surface area is 193 Å². The highest BCUT2D eigenvalue weighted by Gasteiger charge is 2.32. The second kappa shape index (κ2) is 9.27. The monoisotopic (exact) mass is 473 g/mol. The van der Waals surface area contributed by atoms with Crippen LogP contribution < -0.4 is 4.74 Å². The molecular formula is C25H19ClF3NO3. The van der Waals surface area contributed by atoms with Gasteiger partial charge in [0.15, 0.2) is 0 Å². The number of aromatic nitrogens is 1. The molecule has 0 bridgehead atoms. The summed E-state index contributed by atoms with van der Waals surface area (Å²) in [5.41, 5.74) is 2.50. The summed E-state index contributed by atoms with van der Waals surface area (Å²) in [4.78, 5) is 15.4. The van der Waals surface area contributed by atoms with E-state index in [9.17, 15) is 23.1 Å². The summed E-state index contributed by atoms with van der Waals surface area (Å²) in [6.07, 6.45) is 0.154. The van der Waals surface area contributed by atoms with Crippen molar-refractivity contribution in [3.05, 3.63) is 93.8 Å². The lowest BCUT2D eigenvalue weighted by atomic mass is 9.95. The molecule has 0 amide bonds. The van der Waals surface area contributed by atoms with Gasteiger partial charge < -0.3 is 9.84 Å². The quantitative estimate of drug-likeness (QED) is 0.414. The normalized spacial score (nSPS) is 13.9. The molecule has 0 saturated heterocycles. The Morgan fingerprint density at radius 1 is 1.03 bits per heavy atom. The minimum atomic E-state index is -4.51. The minimum absolute atomic E-state index is 0.0227. The van der Waals surface area contributed by atoms with Crippen molar-refractivity contribution in [3.63, 3.8) is 0 Å². The number of benzene rings is 2. The molecule has 2 aromatic carbocycles. The Hall–Kier alpha value is -3.32. The van der Waals surface area contributed by atoms with E-state index in [1.54, 1.807) is 24.3 Å². The molecule has 4 nitrogen and oxygen atoms in total. The standard InChI is InChI=1S/C25H19ClF3NO3/c26-19-7-4-15(5-8-19)14-33-23-9-6-18(25(27,28)29)11-22(23)21-3-1-2-20(21)16-10-17(24(31)32)13-30-12-16/h4-13H,1-3,14H2,(H,31,32). The number of alkyl halides is 3. The summed E-state index contributed by atoms with van der Waals surface area (Å²) in [5.74, 6) is -0.787. The van der Waals surface area contributed by atoms with E-state index in [4.69, 9.17) is 16.3 Å². The molecular weight excluding hydrogens is 455 g/mol. The van der Waals surface area contributed by atoms with E-state index in [1.165, 1.54) is 24.5 Å². The number of ether oxygens (including phenoxy) is 1. The molecule has 0 radical (unpaired) electrons. The van der Waals surface area contributed by atoms with Gasteiger partial charge in [0.25, 0.3) is 0 Å². The van der Waals surface area contributed by atoms with E-state index < -0.39 is 17.7 Å². The second-order valence-electron chi connectivity index (χ2n) is 7.70. The van der Waals surface area contributed by atoms with Gasteiger partial charge in [0, 0.05) is 23.0 Å². The van der Waals surface area contributed by atoms with Gasteiger partial charge in [-0.05, 0) is 77.9 Å². The summed E-state index contributed by atoms with van der Waals surface area (Å²) in [6.45, 7) is 0.161. The molecule has 1 aromatic heterocycles. The maximum atomic E-state index is 13.5. The van der Waals surface area contributed by atoms with Crippen LogP contribution in [0.1, 0.15) is 51.9 Å². The number of hydrogen-bond acceptors (Lipinski definition) is 3. The van der Waals surface area contributed by atoms with Crippen molar-refractivity contribution in [1.82, 2.24) is 4.98 Å². The van der Waals surface area contributed by atoms with Crippen molar-refractivity contribution in [1.29, 1.82) is 0 Å². The van der Waals surface area contributed by atoms with Crippen molar-refractivity contribution in [2.75, 3.05) is 0 Å². The van der Waals surface area contributed by atoms with Crippen LogP contribution in [0.3, 0.4) is 0 Å². The number of carbonyl (C=O) groups is 1. The van der Waals surface area contributed by atoms with Crippen molar-refractivity contribution in [3.8, 4) is 5.75 Å². The number of rotatable bonds is 6. The number of allylic oxidation sites excluding steroid dienone is 2. The first-order valence-electron chi connectivity index (χ1n) is 10.2. The lowest BCUT2D eigenvalue weighted by Gasteiger charge is -2.17. The summed E-state index contributed by atoms with van der Waals surface area (Å²) < 4.78 is 46.4. The number of carboxylic acid groups (broad SMARTS) is 1. The zero-order valence-corrected chi connectivity index (χ0v) is 18.1. The van der Waals surface area contributed by atoms with Gasteiger partial charge in [0.2, 0.25) is 0 Å². The smallest absolute Gasteiger partial charge is 0.416 e. The topological polar surface area (TPSA) is 59.4 Å². The summed E-state index contributed by atoms with van der Waals surface area (Å²) in [7, 11) is 0. The Morgan fingerprint density at radius 2 is 1.76 bits per heavy atom. The van der Waals surface area contributed by atoms with Crippen LogP contribution in [-0.2, 0) is 12.8 Å². The van der Waals surface area contributed by atoms with Gasteiger partial charge >= 0.3 is 12.1 Å². The SMILES string of the molecule is O=C(O)c1cncc(C2=C(c3cc(C(F)(F)F)ccc3OCc3ccc(Cl)cc3)CCC2)c1. The van der Waals surface area contributed by atoms with Crippen molar-refractivity contribution in [2.24, 2.45) is 0 Å². The van der Waals surface area contributed by atoms with E-state index in [0.29, 0.717) is 40.3 Å². The molecule has 1 aliphatic rings. The number of carboxylic acids is 1. The third-order valence-electron chi connectivity index (χ3n) is 5.49. The molecule has 33 heavy (non-hydrogen) atoms. The van der Waals surface area contributed by atoms with Gasteiger partial charge in [-0.15, -0.1) is 0 Å². The van der Waals surface area contributed by atoms with Crippen LogP contribution in [0.25, 0.3) is 11.1 Å². The molecule has 0 saturated carbocycles. The Balaban J connectivity index is 1.77. The molecule has 0 atom stereocenters. The molecule has 0 fully saturated rings. The molecule has 1 heterocycles. The molecule has 170 valence electrons. The maximum absolute atomic E-state index is 13.5. The fourth-order valence-electron chi connectivity index (χ4n) is 3.89. The first-order chi connectivity index (χ1) is 15.7. The Bertz CT molecular complexity index is 1220. The first-order valence-corrected chi connectivity index (χ1v) is 10.6. The molecule has 8 heteroatoms. The van der Waals surface area contributed by atoms with Crippen molar-refractivity contribution in [2.45, 2.75) is 32.0 Å². The summed E-state index contributed by atoms with van der Waals surface area (Å²) in [5, 5.41) is 9.87. The third-order valence-corrected chi connectivity index (χ3v) is 5.74. The van der Waals surface area contributed by atoms with Crippen LogP contribution in [0.4, 0.5) is 13.2 Å². The van der Waals surface area contributed by atoms with E-state index in [2.05, 4.69) is 4.98 Å². The number of halogens is 4. The molecule has 0 unspecified atom stereocenters. The molecule has 0 spiro atoms. The van der Waals surface area contributed by atoms with E-state index >= 15 is 0 Å². The highest BCUT2D eigenvalue weighted by atomic mass is 35.5. The zero-order valence-electron chi connectivity index (χ0n) is 17.3. The summed E-state index contributed by atoms with van der Waals surface area (Å²) >= 11 is 5.91. The molecule has 3 aromatic rings. The molecule has 4 rings (SSSR count). The van der Waals surface area contributed by atoms with Gasteiger partial charge in [-0.25, -0.2) is 4.79 Å². The summed E-state index contributed by atoms with van der Waals surface area (Å²) in [6, 6.07) is 11.9. The van der Waals surface area contributed by atoms with Crippen LogP contribution in [0.2, 0.25) is 5.02 Å². The molecule has 0 aliphatic heterocycles. The average molecular weight is 474 g/mol. The minimum Gasteiger partial charge on any atom is -0.488 e. The predicted molar refractivity (Wildman–Crippen MR) is 119 cm³/mol. The number of nitrogens with zero attached hydrogens (tertiary/aromatic N) is 1. The Kier molecular flexibility index (Phi) is 6.42. The predicted octanol–water partition coefficient (Wildman–Crippen LogP) is 7.13. The highest BCUT2D eigenvalue weighted by molar-refractivity contribution is 6.30. The highest BCUT2D eigenvalue weighted by Crippen LogP contribution is 2.44. The van der Waals surface area contributed by atoms with Crippen molar-refractivity contribution >= 4 is 28.7 Å². The van der Waals surface area contributed by atoms with Crippen LogP contribution in [0.15, 0.2) is 60.9 Å². The second-order valence-corrected chi connectivity index (χ2v) is 8.14. The fraction of sp³-hybridized carbons (Fsp3) is 0.200. The van der Waals surface area contributed by atoms with Gasteiger partial charge in [-0.1, -0.05) is 23.7 Å². The van der Waals surface area contributed by atoms with E-state index in [0.717, 1.165) is 29.7 Å². The van der Waals surface area contributed by atoms with Crippen LogP contribution in [0, 0.1) is 0 Å². The lowest BCUT2D eigenvalue weighted by molar-refractivity contribution is -0.137. The zero-order chi connectivity index (χ0) is 23.6. The first kappa shape index (κ1) is 22.9. The van der Waals surface area contributed by atoms with Crippen LogP contribution in [0.5, 0.6) is 5.75 Å². The van der Waals surface area contributed by atoms with Gasteiger partial charge in [0.05, 0.1) is 11.1 Å². The lowest BCUT2D eigenvalue weighted by Crippen LogP contribution is -2.07. The van der Waals surface area contributed by atoms with Crippen molar-refractivity contribution < 1.29 is 27.8 Å². The molecule has 1 N–H and O–H groups in total. The largest absolute Gasteiger partial charge is 0.488 e. The maximum Gasteiger partial charge on any atom is 0.416 e. The van der Waals surface area contributed by atoms with E-state index in [1.807, 2.05) is 0 Å². The van der Waals surface area contributed by atoms with E-state index in [-0.39, 0.29) is 12.2 Å². The average Bonchev–Trinajstić information content (AvgIpc) is 3.28. The fourth-order valence-corrected chi connectivity index (χ4v) is 4.02. The van der Waals surface area contributed by atoms with Crippen LogP contribution >= 0.6 is 11.6 Å².